The van der Waals surface area contributed by atoms with Gasteiger partial charge in [-0.1, -0.05) is 17.7 Å². The number of nitrogens with one attached hydrogen (secondary N) is 1. The fraction of sp³-hybridized carbons (Fsp3) is 0.571. The molecular weight excluding hydrogens is 287 g/mol. The SMILES string of the molecule is COCCNCc1cc(C)ccc1OCC(O)C(F)(F)F. The summed E-state index contributed by atoms with van der Waals surface area (Å²) in [6.07, 6.45) is -7.17. The second-order valence-electron chi connectivity index (χ2n) is 4.65. The summed E-state index contributed by atoms with van der Waals surface area (Å²) in [6, 6.07) is 5.18. The number of alkyl halides is 3. The van der Waals surface area contributed by atoms with Crippen LogP contribution in [0.15, 0.2) is 18.2 Å². The molecule has 0 aromatic heterocycles. The minimum Gasteiger partial charge on any atom is -0.490 e. The number of ether oxygens (including phenoxy) is 2. The van der Waals surface area contributed by atoms with Crippen molar-refractivity contribution in [3.05, 3.63) is 29.3 Å². The zero-order valence-electron chi connectivity index (χ0n) is 12.0. The molecule has 0 fully saturated rings. The molecule has 0 aliphatic carbocycles. The van der Waals surface area contributed by atoms with Crippen LogP contribution in [0.3, 0.4) is 0 Å². The van der Waals surface area contributed by atoms with Crippen LogP contribution in [-0.2, 0) is 11.3 Å². The molecule has 1 atom stereocenters. The van der Waals surface area contributed by atoms with Crippen molar-refractivity contribution in [2.24, 2.45) is 0 Å². The van der Waals surface area contributed by atoms with Gasteiger partial charge in [0.1, 0.15) is 12.4 Å². The lowest BCUT2D eigenvalue weighted by atomic mass is 10.1. The molecule has 2 N–H and O–H groups in total. The van der Waals surface area contributed by atoms with Gasteiger partial charge in [-0.05, 0) is 13.0 Å². The predicted molar refractivity (Wildman–Crippen MR) is 72.3 cm³/mol. The number of rotatable bonds is 8. The first kappa shape index (κ1) is 17.7. The maximum Gasteiger partial charge on any atom is 0.417 e. The van der Waals surface area contributed by atoms with E-state index >= 15 is 0 Å². The van der Waals surface area contributed by atoms with Crippen molar-refractivity contribution in [3.63, 3.8) is 0 Å². The van der Waals surface area contributed by atoms with E-state index < -0.39 is 18.9 Å². The Kier molecular flexibility index (Phi) is 6.94. The second kappa shape index (κ2) is 8.21. The minimum atomic E-state index is -4.68. The van der Waals surface area contributed by atoms with Crippen molar-refractivity contribution in [1.29, 1.82) is 0 Å². The van der Waals surface area contributed by atoms with E-state index in [4.69, 9.17) is 14.6 Å². The Morgan fingerprint density at radius 1 is 1.33 bits per heavy atom. The van der Waals surface area contributed by atoms with E-state index in [-0.39, 0.29) is 0 Å². The Morgan fingerprint density at radius 2 is 2.05 bits per heavy atom. The van der Waals surface area contributed by atoms with Crippen molar-refractivity contribution < 1.29 is 27.8 Å². The average molecular weight is 307 g/mol. The lowest BCUT2D eigenvalue weighted by Gasteiger charge is -2.17. The first-order valence-corrected chi connectivity index (χ1v) is 6.51. The van der Waals surface area contributed by atoms with E-state index in [0.29, 0.717) is 25.4 Å². The molecule has 0 saturated carbocycles. The van der Waals surface area contributed by atoms with Crippen LogP contribution in [0.4, 0.5) is 13.2 Å². The highest BCUT2D eigenvalue weighted by Gasteiger charge is 2.38. The van der Waals surface area contributed by atoms with E-state index in [1.807, 2.05) is 13.0 Å². The van der Waals surface area contributed by atoms with Gasteiger partial charge in [0.15, 0.2) is 6.10 Å². The highest BCUT2D eigenvalue weighted by Crippen LogP contribution is 2.24. The molecule has 4 nitrogen and oxygen atoms in total. The Balaban J connectivity index is 2.64. The molecule has 0 aliphatic rings. The summed E-state index contributed by atoms with van der Waals surface area (Å²) < 4.78 is 46.7. The van der Waals surface area contributed by atoms with Gasteiger partial charge in [-0.3, -0.25) is 0 Å². The smallest absolute Gasteiger partial charge is 0.417 e. The molecule has 1 aromatic rings. The van der Waals surface area contributed by atoms with Gasteiger partial charge in [-0.25, -0.2) is 0 Å². The van der Waals surface area contributed by atoms with E-state index in [9.17, 15) is 13.2 Å². The number of aliphatic hydroxyl groups is 1. The molecule has 21 heavy (non-hydrogen) atoms. The van der Waals surface area contributed by atoms with Gasteiger partial charge in [0.05, 0.1) is 6.61 Å². The zero-order valence-corrected chi connectivity index (χ0v) is 12.0. The monoisotopic (exact) mass is 307 g/mol. The fourth-order valence-corrected chi connectivity index (χ4v) is 1.65. The number of hydrogen-bond donors (Lipinski definition) is 2. The number of benzene rings is 1. The first-order chi connectivity index (χ1) is 9.84. The lowest BCUT2D eigenvalue weighted by Crippen LogP contribution is -2.34. The van der Waals surface area contributed by atoms with E-state index in [0.717, 1.165) is 11.1 Å². The molecule has 0 saturated heterocycles. The highest BCUT2D eigenvalue weighted by atomic mass is 19.4. The fourth-order valence-electron chi connectivity index (χ4n) is 1.65. The van der Waals surface area contributed by atoms with Gasteiger partial charge < -0.3 is 19.9 Å². The molecule has 0 heterocycles. The Labute approximate surface area is 121 Å². The second-order valence-corrected chi connectivity index (χ2v) is 4.65. The molecule has 0 spiro atoms. The van der Waals surface area contributed by atoms with Crippen molar-refractivity contribution in [2.45, 2.75) is 25.7 Å². The molecule has 1 aromatic carbocycles. The third-order valence-electron chi connectivity index (χ3n) is 2.79. The molecule has 0 bridgehead atoms. The van der Waals surface area contributed by atoms with E-state index in [2.05, 4.69) is 5.32 Å². The Bertz CT molecular complexity index is 438. The maximum atomic E-state index is 12.2. The molecule has 1 rings (SSSR count). The van der Waals surface area contributed by atoms with Crippen molar-refractivity contribution >= 4 is 0 Å². The van der Waals surface area contributed by atoms with Gasteiger partial charge in [-0.2, -0.15) is 13.2 Å². The van der Waals surface area contributed by atoms with Crippen LogP contribution in [0.5, 0.6) is 5.75 Å². The molecule has 1 unspecified atom stereocenters. The Morgan fingerprint density at radius 3 is 2.67 bits per heavy atom. The van der Waals surface area contributed by atoms with Gasteiger partial charge in [0.2, 0.25) is 0 Å². The molecular formula is C14H20F3NO3. The summed E-state index contributed by atoms with van der Waals surface area (Å²) in [5.74, 6) is 0.328. The summed E-state index contributed by atoms with van der Waals surface area (Å²) in [6.45, 7) is 2.66. The van der Waals surface area contributed by atoms with Crippen LogP contribution in [0, 0.1) is 6.92 Å². The molecule has 7 heteroatoms. The van der Waals surface area contributed by atoms with E-state index in [1.54, 1.807) is 19.2 Å². The summed E-state index contributed by atoms with van der Waals surface area (Å²) >= 11 is 0. The molecule has 0 amide bonds. The minimum absolute atomic E-state index is 0.328. The number of aryl methyl sites for hydroxylation is 1. The predicted octanol–water partition coefficient (Wildman–Crippen LogP) is 2.03. The van der Waals surface area contributed by atoms with Crippen molar-refractivity contribution in [2.75, 3.05) is 26.9 Å². The van der Waals surface area contributed by atoms with Crippen molar-refractivity contribution in [1.82, 2.24) is 5.32 Å². The summed E-state index contributed by atoms with van der Waals surface area (Å²) in [5, 5.41) is 12.1. The van der Waals surface area contributed by atoms with E-state index in [1.165, 1.54) is 0 Å². The summed E-state index contributed by atoms with van der Waals surface area (Å²) in [7, 11) is 1.58. The van der Waals surface area contributed by atoms with Gasteiger partial charge >= 0.3 is 6.18 Å². The highest BCUT2D eigenvalue weighted by molar-refractivity contribution is 5.36. The summed E-state index contributed by atoms with van der Waals surface area (Å²) in [4.78, 5) is 0. The van der Waals surface area contributed by atoms with Crippen LogP contribution in [-0.4, -0.2) is 44.3 Å². The lowest BCUT2D eigenvalue weighted by molar-refractivity contribution is -0.210. The maximum absolute atomic E-state index is 12.2. The van der Waals surface area contributed by atoms with Crippen LogP contribution in [0.1, 0.15) is 11.1 Å². The van der Waals surface area contributed by atoms with Gasteiger partial charge in [-0.15, -0.1) is 0 Å². The van der Waals surface area contributed by atoms with Crippen LogP contribution in [0.25, 0.3) is 0 Å². The Hall–Kier alpha value is -1.31. The van der Waals surface area contributed by atoms with Crippen molar-refractivity contribution in [3.8, 4) is 5.75 Å². The molecule has 120 valence electrons. The largest absolute Gasteiger partial charge is 0.490 e. The van der Waals surface area contributed by atoms with Crippen LogP contribution in [0.2, 0.25) is 0 Å². The number of halogens is 3. The van der Waals surface area contributed by atoms with Gasteiger partial charge in [0.25, 0.3) is 0 Å². The topological polar surface area (TPSA) is 50.7 Å². The quantitative estimate of drug-likeness (QED) is 0.722. The summed E-state index contributed by atoms with van der Waals surface area (Å²) in [5.41, 5.74) is 1.71. The number of hydrogen-bond acceptors (Lipinski definition) is 4. The van der Waals surface area contributed by atoms with Crippen LogP contribution < -0.4 is 10.1 Å². The normalized spacial score (nSPS) is 13.2. The zero-order chi connectivity index (χ0) is 15.9. The number of aliphatic hydroxyl groups excluding tert-OH is 1. The third-order valence-corrected chi connectivity index (χ3v) is 2.79. The average Bonchev–Trinajstić information content (AvgIpc) is 2.41. The van der Waals surface area contributed by atoms with Gasteiger partial charge in [0, 0.05) is 25.8 Å². The first-order valence-electron chi connectivity index (χ1n) is 6.51. The molecule has 0 aliphatic heterocycles. The third kappa shape index (κ3) is 6.33. The van der Waals surface area contributed by atoms with Crippen LogP contribution >= 0.6 is 0 Å². The molecule has 0 radical (unpaired) electrons. The standard InChI is InChI=1S/C14H20F3NO3/c1-10-3-4-12(21-9-13(19)14(15,16)17)11(7-10)8-18-5-6-20-2/h3-4,7,13,18-19H,5-6,8-9H2,1-2H3. The number of methoxy groups -OCH3 is 1.